The third-order valence-corrected chi connectivity index (χ3v) is 2.87. The van der Waals surface area contributed by atoms with Crippen LogP contribution in [0.15, 0.2) is 6.20 Å². The molecule has 1 aliphatic rings. The van der Waals surface area contributed by atoms with E-state index in [2.05, 4.69) is 9.97 Å². The second-order valence-corrected chi connectivity index (χ2v) is 4.37. The minimum Gasteiger partial charge on any atom is -0.332 e. The van der Waals surface area contributed by atoms with Gasteiger partial charge in [0, 0.05) is 19.2 Å². The summed E-state index contributed by atoms with van der Waals surface area (Å²) in [7, 11) is 0. The SMILES string of the molecule is O=C(c1cnc(Cl)nc1Cl)N1CCC(F)(F)C1. The molecule has 92 valence electrons. The van der Waals surface area contributed by atoms with E-state index in [0.717, 1.165) is 11.1 Å². The number of carbonyl (C=O) groups is 1. The van der Waals surface area contributed by atoms with Gasteiger partial charge in [-0.25, -0.2) is 18.7 Å². The van der Waals surface area contributed by atoms with Crippen LogP contribution in [0.2, 0.25) is 10.4 Å². The zero-order valence-corrected chi connectivity index (χ0v) is 9.97. The van der Waals surface area contributed by atoms with Gasteiger partial charge in [0.15, 0.2) is 0 Å². The maximum atomic E-state index is 13.0. The van der Waals surface area contributed by atoms with Crippen LogP contribution in [-0.4, -0.2) is 39.8 Å². The number of aromatic nitrogens is 2. The molecular weight excluding hydrogens is 275 g/mol. The summed E-state index contributed by atoms with van der Waals surface area (Å²) in [6.45, 7) is -0.615. The first-order valence-electron chi connectivity index (χ1n) is 4.74. The second kappa shape index (κ2) is 4.34. The van der Waals surface area contributed by atoms with Gasteiger partial charge >= 0.3 is 0 Å². The number of amides is 1. The number of hydrogen-bond acceptors (Lipinski definition) is 3. The summed E-state index contributed by atoms with van der Waals surface area (Å²) in [4.78, 5) is 20.1. The van der Waals surface area contributed by atoms with Gasteiger partial charge < -0.3 is 4.90 Å². The predicted octanol–water partition coefficient (Wildman–Crippen LogP) is 2.26. The fraction of sp³-hybridized carbons (Fsp3) is 0.444. The molecule has 17 heavy (non-hydrogen) atoms. The molecule has 1 saturated heterocycles. The van der Waals surface area contributed by atoms with E-state index in [4.69, 9.17) is 23.2 Å². The van der Waals surface area contributed by atoms with Gasteiger partial charge in [0.05, 0.1) is 12.1 Å². The number of alkyl halides is 2. The maximum absolute atomic E-state index is 13.0. The molecule has 1 aromatic rings. The molecule has 0 unspecified atom stereocenters. The highest BCUT2D eigenvalue weighted by atomic mass is 35.5. The fourth-order valence-electron chi connectivity index (χ4n) is 1.56. The molecule has 4 nitrogen and oxygen atoms in total. The quantitative estimate of drug-likeness (QED) is 0.586. The Hall–Kier alpha value is -1.01. The van der Waals surface area contributed by atoms with Crippen molar-refractivity contribution in [1.29, 1.82) is 0 Å². The largest absolute Gasteiger partial charge is 0.332 e. The molecule has 0 N–H and O–H groups in total. The number of rotatable bonds is 1. The van der Waals surface area contributed by atoms with E-state index in [1.807, 2.05) is 0 Å². The molecule has 8 heteroatoms. The first-order chi connectivity index (χ1) is 7.89. The Morgan fingerprint density at radius 3 is 2.71 bits per heavy atom. The van der Waals surface area contributed by atoms with Crippen molar-refractivity contribution in [3.05, 3.63) is 22.2 Å². The highest BCUT2D eigenvalue weighted by Gasteiger charge is 2.40. The third-order valence-electron chi connectivity index (χ3n) is 2.40. The Morgan fingerprint density at radius 2 is 2.18 bits per heavy atom. The zero-order valence-electron chi connectivity index (χ0n) is 8.46. The van der Waals surface area contributed by atoms with Gasteiger partial charge in [-0.2, -0.15) is 0 Å². The molecule has 0 radical (unpaired) electrons. The lowest BCUT2D eigenvalue weighted by Gasteiger charge is -2.16. The summed E-state index contributed by atoms with van der Waals surface area (Å²) < 4.78 is 25.9. The van der Waals surface area contributed by atoms with Gasteiger partial charge in [0.25, 0.3) is 11.8 Å². The minimum absolute atomic E-state index is 0.00914. The molecule has 0 spiro atoms. The van der Waals surface area contributed by atoms with E-state index < -0.39 is 18.4 Å². The van der Waals surface area contributed by atoms with E-state index in [0.29, 0.717) is 0 Å². The second-order valence-electron chi connectivity index (χ2n) is 3.68. The standard InChI is InChI=1S/C9H7Cl2F2N3O/c10-6-5(3-14-8(11)15-6)7(17)16-2-1-9(12,13)4-16/h3H,1-2,4H2. The van der Waals surface area contributed by atoms with E-state index >= 15 is 0 Å². The van der Waals surface area contributed by atoms with Crippen molar-refractivity contribution in [2.75, 3.05) is 13.1 Å². The molecule has 0 bridgehead atoms. The van der Waals surface area contributed by atoms with Crippen molar-refractivity contribution in [3.63, 3.8) is 0 Å². The summed E-state index contributed by atoms with van der Waals surface area (Å²) in [6.07, 6.45) is 0.793. The lowest BCUT2D eigenvalue weighted by molar-refractivity contribution is 0.0120. The van der Waals surface area contributed by atoms with Crippen LogP contribution in [-0.2, 0) is 0 Å². The van der Waals surface area contributed by atoms with Crippen LogP contribution in [0.4, 0.5) is 8.78 Å². The summed E-state index contributed by atoms with van der Waals surface area (Å²) in [6, 6.07) is 0. The van der Waals surface area contributed by atoms with Crippen molar-refractivity contribution < 1.29 is 13.6 Å². The van der Waals surface area contributed by atoms with Gasteiger partial charge in [0.2, 0.25) is 5.28 Å². The van der Waals surface area contributed by atoms with Gasteiger partial charge in [-0.1, -0.05) is 11.6 Å². The van der Waals surface area contributed by atoms with E-state index in [1.165, 1.54) is 0 Å². The Morgan fingerprint density at radius 1 is 1.47 bits per heavy atom. The summed E-state index contributed by atoms with van der Waals surface area (Å²) >= 11 is 11.2. The fourth-order valence-corrected chi connectivity index (χ4v) is 1.95. The topological polar surface area (TPSA) is 46.1 Å². The summed E-state index contributed by atoms with van der Waals surface area (Å²) in [5, 5.41) is -0.233. The van der Waals surface area contributed by atoms with Crippen LogP contribution in [0.5, 0.6) is 0 Å². The van der Waals surface area contributed by atoms with Crippen LogP contribution in [0.1, 0.15) is 16.8 Å². The van der Waals surface area contributed by atoms with Gasteiger partial charge in [0.1, 0.15) is 5.15 Å². The third kappa shape index (κ3) is 2.63. The Bertz CT molecular complexity index is 470. The van der Waals surface area contributed by atoms with Crippen LogP contribution in [0, 0.1) is 0 Å². The van der Waals surface area contributed by atoms with Gasteiger partial charge in [-0.3, -0.25) is 4.79 Å². The van der Waals surface area contributed by atoms with Crippen molar-refractivity contribution in [2.24, 2.45) is 0 Å². The smallest absolute Gasteiger partial charge is 0.267 e. The Kier molecular flexibility index (Phi) is 3.18. The Balaban J connectivity index is 2.21. The molecule has 1 fully saturated rings. The average Bonchev–Trinajstić information content (AvgIpc) is 2.58. The van der Waals surface area contributed by atoms with E-state index in [-0.39, 0.29) is 29.0 Å². The predicted molar refractivity (Wildman–Crippen MR) is 57.5 cm³/mol. The minimum atomic E-state index is -2.84. The van der Waals surface area contributed by atoms with Gasteiger partial charge in [-0.05, 0) is 11.6 Å². The lowest BCUT2D eigenvalue weighted by atomic mass is 10.3. The maximum Gasteiger partial charge on any atom is 0.267 e. The number of likely N-dealkylation sites (tertiary alicyclic amines) is 1. The van der Waals surface area contributed by atoms with Crippen LogP contribution < -0.4 is 0 Å². The number of nitrogens with zero attached hydrogens (tertiary/aromatic N) is 3. The molecule has 2 heterocycles. The van der Waals surface area contributed by atoms with Crippen molar-refractivity contribution in [3.8, 4) is 0 Å². The molecule has 2 rings (SSSR count). The first kappa shape index (κ1) is 12.4. The molecule has 1 aromatic heterocycles. The molecule has 0 atom stereocenters. The van der Waals surface area contributed by atoms with Gasteiger partial charge in [-0.15, -0.1) is 0 Å². The number of hydrogen-bond donors (Lipinski definition) is 0. The van der Waals surface area contributed by atoms with E-state index in [1.54, 1.807) is 0 Å². The Labute approximate surface area is 106 Å². The number of halogens is 4. The normalized spacial score (nSPS) is 18.5. The molecular formula is C9H7Cl2F2N3O. The number of carbonyl (C=O) groups excluding carboxylic acids is 1. The first-order valence-corrected chi connectivity index (χ1v) is 5.50. The molecule has 1 aliphatic heterocycles. The van der Waals surface area contributed by atoms with E-state index in [9.17, 15) is 13.6 Å². The van der Waals surface area contributed by atoms with Crippen molar-refractivity contribution >= 4 is 29.1 Å². The highest BCUT2D eigenvalue weighted by Crippen LogP contribution is 2.28. The molecule has 1 amide bonds. The average molecular weight is 282 g/mol. The van der Waals surface area contributed by atoms with Crippen molar-refractivity contribution in [2.45, 2.75) is 12.3 Å². The molecule has 0 aliphatic carbocycles. The highest BCUT2D eigenvalue weighted by molar-refractivity contribution is 6.34. The van der Waals surface area contributed by atoms with Crippen LogP contribution in [0.3, 0.4) is 0 Å². The van der Waals surface area contributed by atoms with Crippen LogP contribution >= 0.6 is 23.2 Å². The summed E-state index contributed by atoms with van der Waals surface area (Å²) in [5.74, 6) is -3.45. The van der Waals surface area contributed by atoms with Crippen molar-refractivity contribution in [1.82, 2.24) is 14.9 Å². The molecule has 0 saturated carbocycles. The summed E-state index contributed by atoms with van der Waals surface area (Å²) in [5.41, 5.74) is -0.0197. The lowest BCUT2D eigenvalue weighted by Crippen LogP contribution is -2.31. The monoisotopic (exact) mass is 281 g/mol. The zero-order chi connectivity index (χ0) is 12.6. The molecule has 0 aromatic carbocycles. The van der Waals surface area contributed by atoms with Crippen LogP contribution in [0.25, 0.3) is 0 Å².